The molecule has 0 saturated carbocycles. The van der Waals surface area contributed by atoms with Gasteiger partial charge in [-0.15, -0.1) is 0 Å². The first-order valence-corrected chi connectivity index (χ1v) is 14.3. The van der Waals surface area contributed by atoms with Crippen LogP contribution in [0.25, 0.3) is 6.08 Å². The molecule has 0 saturated heterocycles. The lowest BCUT2D eigenvalue weighted by atomic mass is 10.1. The van der Waals surface area contributed by atoms with Crippen molar-refractivity contribution in [2.45, 2.75) is 62.8 Å². The monoisotopic (exact) mass is 642 g/mol. The van der Waals surface area contributed by atoms with E-state index >= 15 is 0 Å². The predicted octanol–water partition coefficient (Wildman–Crippen LogP) is 9.21. The average Bonchev–Trinajstić information content (AvgIpc) is 2.94. The molecular formula is C27H27F9N4O2S. The summed E-state index contributed by atoms with van der Waals surface area (Å²) in [4.78, 5) is 0.0888. The van der Waals surface area contributed by atoms with Crippen molar-refractivity contribution < 1.29 is 47.9 Å². The molecule has 2 aromatic carbocycles. The van der Waals surface area contributed by atoms with E-state index in [1.165, 1.54) is 12.1 Å². The zero-order chi connectivity index (χ0) is 32.7. The number of rotatable bonds is 14. The molecule has 0 aliphatic rings. The van der Waals surface area contributed by atoms with E-state index in [0.717, 1.165) is 56.6 Å². The number of anilines is 1. The molecule has 0 N–H and O–H groups in total. The van der Waals surface area contributed by atoms with Gasteiger partial charge in [0.2, 0.25) is 0 Å². The van der Waals surface area contributed by atoms with Crippen molar-refractivity contribution in [3.63, 3.8) is 0 Å². The van der Waals surface area contributed by atoms with Gasteiger partial charge in [0.15, 0.2) is 4.91 Å². The van der Waals surface area contributed by atoms with E-state index in [-0.39, 0.29) is 17.3 Å². The predicted molar refractivity (Wildman–Crippen MR) is 142 cm³/mol. The molecule has 6 nitrogen and oxygen atoms in total. The molecule has 0 fully saturated rings. The standard InChI is InChI=1S/C27H27F9N4O2S/c1-3-5-15-40(16-6-4-2)22-13-11-21(12-14-22)39-38-20-9-7-19(8-10-20)17-23(18-37)43(41,42)27(35,36)25(30,31)24(28,29)26(32,33)34/h7-14,17H,3-6,15-16H2,1-2H3. The van der Waals surface area contributed by atoms with Crippen LogP contribution in [0.3, 0.4) is 0 Å². The smallest absolute Gasteiger partial charge is 0.372 e. The van der Waals surface area contributed by atoms with Crippen LogP contribution in [-0.4, -0.2) is 44.8 Å². The van der Waals surface area contributed by atoms with Gasteiger partial charge in [0.1, 0.15) is 6.07 Å². The lowest BCUT2D eigenvalue weighted by Crippen LogP contribution is -2.63. The number of alkyl halides is 9. The Morgan fingerprint density at radius 3 is 1.63 bits per heavy atom. The number of nitrogens with zero attached hydrogens (tertiary/aromatic N) is 4. The van der Waals surface area contributed by atoms with Crippen LogP contribution < -0.4 is 4.90 Å². The summed E-state index contributed by atoms with van der Waals surface area (Å²) in [5, 5.41) is 10.00. The molecule has 0 unspecified atom stereocenters. The van der Waals surface area contributed by atoms with Crippen LogP contribution in [0.4, 0.5) is 56.6 Å². The molecule has 0 amide bonds. The van der Waals surface area contributed by atoms with Crippen LogP contribution >= 0.6 is 0 Å². The van der Waals surface area contributed by atoms with Gasteiger partial charge < -0.3 is 4.90 Å². The minimum absolute atomic E-state index is 0.119. The minimum Gasteiger partial charge on any atom is -0.372 e. The van der Waals surface area contributed by atoms with Crippen molar-refractivity contribution in [1.82, 2.24) is 0 Å². The van der Waals surface area contributed by atoms with Crippen LogP contribution in [0.1, 0.15) is 45.1 Å². The second-order valence-electron chi connectivity index (χ2n) is 9.29. The van der Waals surface area contributed by atoms with Crippen LogP contribution in [0, 0.1) is 11.3 Å². The molecule has 0 radical (unpaired) electrons. The fourth-order valence-electron chi connectivity index (χ4n) is 3.54. The number of nitriles is 1. The van der Waals surface area contributed by atoms with Crippen molar-refractivity contribution in [2.75, 3.05) is 18.0 Å². The zero-order valence-electron chi connectivity index (χ0n) is 22.9. The Labute approximate surface area is 242 Å². The molecule has 2 aromatic rings. The summed E-state index contributed by atoms with van der Waals surface area (Å²) < 4.78 is 143. The summed E-state index contributed by atoms with van der Waals surface area (Å²) in [5.41, 5.74) is 1.25. The van der Waals surface area contributed by atoms with Crippen molar-refractivity contribution in [3.8, 4) is 6.07 Å². The molecule has 0 heterocycles. The van der Waals surface area contributed by atoms with Gasteiger partial charge in [-0.25, -0.2) is 8.42 Å². The molecule has 0 spiro atoms. The summed E-state index contributed by atoms with van der Waals surface area (Å²) in [7, 11) is -7.04. The third kappa shape index (κ3) is 7.67. The maximum Gasteiger partial charge on any atom is 0.460 e. The number of halogens is 9. The lowest BCUT2D eigenvalue weighted by Gasteiger charge is -2.32. The molecule has 0 atom stereocenters. The first kappa shape index (κ1) is 35.6. The first-order chi connectivity index (χ1) is 19.9. The van der Waals surface area contributed by atoms with E-state index in [9.17, 15) is 47.9 Å². The fourth-order valence-corrected chi connectivity index (χ4v) is 4.69. The summed E-state index contributed by atoms with van der Waals surface area (Å²) in [6, 6.07) is 12.2. The van der Waals surface area contributed by atoms with E-state index in [1.54, 1.807) is 12.1 Å². The van der Waals surface area contributed by atoms with Crippen LogP contribution in [0.5, 0.6) is 0 Å². The van der Waals surface area contributed by atoms with Crippen LogP contribution in [-0.2, 0) is 9.84 Å². The van der Waals surface area contributed by atoms with E-state index in [0.29, 0.717) is 11.8 Å². The molecule has 16 heteroatoms. The average molecular weight is 643 g/mol. The normalized spacial score (nSPS) is 13.8. The Kier molecular flexibility index (Phi) is 11.4. The third-order valence-electron chi connectivity index (χ3n) is 6.10. The fraction of sp³-hybridized carbons (Fsp3) is 0.444. The van der Waals surface area contributed by atoms with Gasteiger partial charge in [0.05, 0.1) is 11.4 Å². The van der Waals surface area contributed by atoms with E-state index in [4.69, 9.17) is 5.26 Å². The van der Waals surface area contributed by atoms with E-state index in [1.807, 2.05) is 12.1 Å². The maximum atomic E-state index is 14.1. The van der Waals surface area contributed by atoms with Gasteiger partial charge in [0, 0.05) is 18.8 Å². The number of benzene rings is 2. The Morgan fingerprint density at radius 2 is 1.23 bits per heavy atom. The molecule has 2 rings (SSSR count). The van der Waals surface area contributed by atoms with Crippen molar-refractivity contribution >= 4 is 33.0 Å². The summed E-state index contributed by atoms with van der Waals surface area (Å²) in [5.74, 6) is -14.9. The van der Waals surface area contributed by atoms with Gasteiger partial charge in [-0.2, -0.15) is 55.0 Å². The molecule has 43 heavy (non-hydrogen) atoms. The second kappa shape index (κ2) is 13.8. The highest BCUT2D eigenvalue weighted by Gasteiger charge is 2.85. The number of sulfone groups is 1. The minimum atomic E-state index is -7.45. The van der Waals surface area contributed by atoms with Gasteiger partial charge in [-0.05, 0) is 60.9 Å². The van der Waals surface area contributed by atoms with Gasteiger partial charge in [-0.3, -0.25) is 0 Å². The summed E-state index contributed by atoms with van der Waals surface area (Å²) in [6.45, 7) is 5.99. The molecule has 0 aliphatic heterocycles. The molecular weight excluding hydrogens is 615 g/mol. The SMILES string of the molecule is CCCCN(CCCC)c1ccc(N=Nc2ccc(C=C(C#N)S(=O)(=O)C(F)(F)C(F)(F)C(F)(F)C(F)(F)F)cc2)cc1. The zero-order valence-corrected chi connectivity index (χ0v) is 23.7. The number of hydrogen-bond donors (Lipinski definition) is 0. The van der Waals surface area contributed by atoms with E-state index in [2.05, 4.69) is 29.0 Å². The molecule has 0 aromatic heterocycles. The van der Waals surface area contributed by atoms with Gasteiger partial charge in [-0.1, -0.05) is 38.8 Å². The van der Waals surface area contributed by atoms with Crippen molar-refractivity contribution in [3.05, 3.63) is 59.0 Å². The highest BCUT2D eigenvalue weighted by molar-refractivity contribution is 7.96. The van der Waals surface area contributed by atoms with Crippen molar-refractivity contribution in [1.29, 1.82) is 5.26 Å². The number of unbranched alkanes of at least 4 members (excludes halogenated alkanes) is 2. The first-order valence-electron chi connectivity index (χ1n) is 12.8. The van der Waals surface area contributed by atoms with Gasteiger partial charge in [0.25, 0.3) is 9.84 Å². The Morgan fingerprint density at radius 1 is 0.791 bits per heavy atom. The Balaban J connectivity index is 2.27. The quantitative estimate of drug-likeness (QED) is 0.117. The van der Waals surface area contributed by atoms with E-state index < -0.39 is 38.0 Å². The highest BCUT2D eigenvalue weighted by atomic mass is 32.2. The molecule has 0 aliphatic carbocycles. The lowest BCUT2D eigenvalue weighted by molar-refractivity contribution is -0.382. The Hall–Kier alpha value is -3.61. The number of allylic oxidation sites excluding steroid dienone is 1. The number of hydrogen-bond acceptors (Lipinski definition) is 6. The van der Waals surface area contributed by atoms with Crippen LogP contribution in [0.15, 0.2) is 63.7 Å². The number of azo groups is 1. The van der Waals surface area contributed by atoms with Crippen LogP contribution in [0.2, 0.25) is 0 Å². The summed E-state index contributed by atoms with van der Waals surface area (Å²) in [6.07, 6.45) is -2.96. The molecule has 236 valence electrons. The third-order valence-corrected chi connectivity index (χ3v) is 7.82. The van der Waals surface area contributed by atoms with Gasteiger partial charge >= 0.3 is 23.3 Å². The molecule has 0 bridgehead atoms. The van der Waals surface area contributed by atoms with Crippen molar-refractivity contribution in [2.24, 2.45) is 10.2 Å². The largest absolute Gasteiger partial charge is 0.460 e. The topological polar surface area (TPSA) is 85.9 Å². The summed E-state index contributed by atoms with van der Waals surface area (Å²) >= 11 is 0. The maximum absolute atomic E-state index is 14.1. The Bertz CT molecular complexity index is 1420. The second-order valence-corrected chi connectivity index (χ2v) is 11.2. The highest BCUT2D eigenvalue weighted by Crippen LogP contribution is 2.55.